The quantitative estimate of drug-likeness (QED) is 0.172. The van der Waals surface area contributed by atoms with Crippen LogP contribution < -0.4 is 9.47 Å². The van der Waals surface area contributed by atoms with E-state index in [1.165, 1.54) is 33.4 Å². The van der Waals surface area contributed by atoms with Crippen LogP contribution in [0.1, 0.15) is 63.8 Å². The van der Waals surface area contributed by atoms with Crippen LogP contribution in [0.25, 0.3) is 56.4 Å². The second-order valence-electron chi connectivity index (χ2n) is 16.0. The topological polar surface area (TPSA) is 57.1 Å². The SMILES string of the molecule is Cc1ccc(-c2nc(-c3ccccc3)nc(-c3ccccc3-c3cccc4c3Oc3cc5c(cc3O4)C(C)(C)c3ccccc3-5)n2)cc1C(C)(C)C(C)C. The van der Waals surface area contributed by atoms with Crippen molar-refractivity contribution in [1.82, 2.24) is 15.0 Å². The average Bonchev–Trinajstić information content (AvgIpc) is 3.41. The van der Waals surface area contributed by atoms with Crippen LogP contribution in [0.4, 0.5) is 0 Å². The molecule has 7 aromatic rings. The van der Waals surface area contributed by atoms with Crippen molar-refractivity contribution in [2.24, 2.45) is 5.92 Å². The molecule has 9 rings (SSSR count). The van der Waals surface area contributed by atoms with Crippen molar-refractivity contribution >= 4 is 0 Å². The first kappa shape index (κ1) is 33.7. The Bertz CT molecular complexity index is 2600. The molecule has 2 heterocycles. The Hall–Kier alpha value is -6.07. The fraction of sp³-hybridized carbons (Fsp3) is 0.204. The molecule has 0 atom stereocenters. The number of aromatic nitrogens is 3. The highest BCUT2D eigenvalue weighted by atomic mass is 16.6. The maximum Gasteiger partial charge on any atom is 0.177 e. The van der Waals surface area contributed by atoms with Gasteiger partial charge in [0.1, 0.15) is 0 Å². The van der Waals surface area contributed by atoms with Crippen LogP contribution in [-0.2, 0) is 10.8 Å². The zero-order chi connectivity index (χ0) is 37.4. The van der Waals surface area contributed by atoms with Crippen molar-refractivity contribution in [3.05, 3.63) is 150 Å². The van der Waals surface area contributed by atoms with E-state index in [2.05, 4.69) is 121 Å². The van der Waals surface area contributed by atoms with E-state index in [1.807, 2.05) is 54.6 Å². The lowest BCUT2D eigenvalue weighted by atomic mass is 9.73. The molecule has 5 heteroatoms. The molecule has 0 fully saturated rings. The van der Waals surface area contributed by atoms with Gasteiger partial charge in [-0.25, -0.2) is 15.0 Å². The molecule has 0 saturated carbocycles. The van der Waals surface area contributed by atoms with Gasteiger partial charge in [-0.15, -0.1) is 0 Å². The number of para-hydroxylation sites is 1. The van der Waals surface area contributed by atoms with Crippen molar-refractivity contribution in [1.29, 1.82) is 0 Å². The van der Waals surface area contributed by atoms with Crippen LogP contribution in [0.3, 0.4) is 0 Å². The van der Waals surface area contributed by atoms with Crippen LogP contribution >= 0.6 is 0 Å². The smallest absolute Gasteiger partial charge is 0.177 e. The minimum Gasteiger partial charge on any atom is -0.449 e. The van der Waals surface area contributed by atoms with Gasteiger partial charge in [0.05, 0.1) is 0 Å². The molecule has 0 N–H and O–H groups in total. The molecule has 1 aliphatic heterocycles. The van der Waals surface area contributed by atoms with Crippen LogP contribution in [0, 0.1) is 12.8 Å². The van der Waals surface area contributed by atoms with Crippen molar-refractivity contribution in [3.63, 3.8) is 0 Å². The summed E-state index contributed by atoms with van der Waals surface area (Å²) in [5, 5.41) is 0. The number of fused-ring (bicyclic) bond motifs is 5. The Labute approximate surface area is 317 Å². The highest BCUT2D eigenvalue weighted by Gasteiger charge is 2.38. The van der Waals surface area contributed by atoms with Crippen LogP contribution in [-0.4, -0.2) is 15.0 Å². The number of hydrogen-bond donors (Lipinski definition) is 0. The molecule has 2 aliphatic rings. The minimum absolute atomic E-state index is 0.0302. The molecule has 0 amide bonds. The zero-order valence-electron chi connectivity index (χ0n) is 31.9. The summed E-state index contributed by atoms with van der Waals surface area (Å²) in [7, 11) is 0. The Kier molecular flexibility index (Phi) is 7.82. The van der Waals surface area contributed by atoms with Gasteiger partial charge in [0.25, 0.3) is 0 Å². The van der Waals surface area contributed by atoms with Crippen molar-refractivity contribution in [3.8, 4) is 79.4 Å². The fourth-order valence-corrected chi connectivity index (χ4v) is 8.03. The molecule has 6 aromatic carbocycles. The number of ether oxygens (including phenoxy) is 2. The van der Waals surface area contributed by atoms with E-state index in [4.69, 9.17) is 24.4 Å². The highest BCUT2D eigenvalue weighted by molar-refractivity contribution is 5.88. The second kappa shape index (κ2) is 12.5. The van der Waals surface area contributed by atoms with Gasteiger partial charge in [-0.05, 0) is 81.5 Å². The van der Waals surface area contributed by atoms with E-state index in [9.17, 15) is 0 Å². The summed E-state index contributed by atoms with van der Waals surface area (Å²) in [5.41, 5.74) is 12.0. The van der Waals surface area contributed by atoms with E-state index in [-0.39, 0.29) is 10.8 Å². The molecule has 0 radical (unpaired) electrons. The first-order chi connectivity index (χ1) is 26.0. The van der Waals surface area contributed by atoms with E-state index >= 15 is 0 Å². The normalized spacial score (nSPS) is 13.7. The van der Waals surface area contributed by atoms with Gasteiger partial charge >= 0.3 is 0 Å². The zero-order valence-corrected chi connectivity index (χ0v) is 31.9. The summed E-state index contributed by atoms with van der Waals surface area (Å²) >= 11 is 0. The average molecular weight is 706 g/mol. The minimum atomic E-state index is -0.141. The lowest BCUT2D eigenvalue weighted by Gasteiger charge is -2.32. The van der Waals surface area contributed by atoms with Gasteiger partial charge in [0.15, 0.2) is 40.5 Å². The Morgan fingerprint density at radius 3 is 1.91 bits per heavy atom. The van der Waals surface area contributed by atoms with Crippen molar-refractivity contribution < 1.29 is 9.47 Å². The molecule has 0 spiro atoms. The monoisotopic (exact) mass is 705 g/mol. The van der Waals surface area contributed by atoms with Gasteiger partial charge in [-0.3, -0.25) is 0 Å². The molecule has 1 aliphatic carbocycles. The van der Waals surface area contributed by atoms with Crippen LogP contribution in [0.5, 0.6) is 23.0 Å². The third-order valence-electron chi connectivity index (χ3n) is 11.8. The van der Waals surface area contributed by atoms with Gasteiger partial charge in [0, 0.05) is 27.7 Å². The number of hydrogen-bond acceptors (Lipinski definition) is 5. The number of benzene rings is 6. The Morgan fingerprint density at radius 1 is 0.519 bits per heavy atom. The number of nitrogens with zero attached hydrogens (tertiary/aromatic N) is 3. The summed E-state index contributed by atoms with van der Waals surface area (Å²) in [6.45, 7) is 15.9. The van der Waals surface area contributed by atoms with E-state index in [1.54, 1.807) is 0 Å². The standard InChI is InChI=1S/C49H43N3O2/c1-29(2)48(4,5)39-26-32(25-24-30(39)3)46-50-45(31-16-9-8-10-17-31)51-47(52-46)36-20-12-11-18-33(36)35-21-15-23-41-44(35)54-42-27-37-34-19-13-14-22-38(34)49(6,7)40(37)28-43(42)53-41/h8-29H,1-7H3. The predicted molar refractivity (Wildman–Crippen MR) is 218 cm³/mol. The van der Waals surface area contributed by atoms with Gasteiger partial charge < -0.3 is 9.47 Å². The number of rotatable bonds is 6. The first-order valence-electron chi connectivity index (χ1n) is 18.8. The first-order valence-corrected chi connectivity index (χ1v) is 18.8. The van der Waals surface area contributed by atoms with E-state index < -0.39 is 0 Å². The molecule has 5 nitrogen and oxygen atoms in total. The summed E-state index contributed by atoms with van der Waals surface area (Å²) in [6, 6.07) is 44.0. The van der Waals surface area contributed by atoms with Crippen molar-refractivity contribution in [2.45, 2.75) is 59.3 Å². The van der Waals surface area contributed by atoms with Gasteiger partial charge in [-0.2, -0.15) is 0 Å². The fourth-order valence-electron chi connectivity index (χ4n) is 8.03. The predicted octanol–water partition coefficient (Wildman–Crippen LogP) is 13.0. The Morgan fingerprint density at radius 2 is 1.15 bits per heavy atom. The van der Waals surface area contributed by atoms with E-state index in [0.29, 0.717) is 40.6 Å². The summed E-state index contributed by atoms with van der Waals surface area (Å²) < 4.78 is 13.5. The largest absolute Gasteiger partial charge is 0.449 e. The van der Waals surface area contributed by atoms with E-state index in [0.717, 1.165) is 33.6 Å². The van der Waals surface area contributed by atoms with Crippen molar-refractivity contribution in [2.75, 3.05) is 0 Å². The number of aryl methyl sites for hydroxylation is 1. The molecule has 0 unspecified atom stereocenters. The molecule has 0 saturated heterocycles. The van der Waals surface area contributed by atoms with Crippen LogP contribution in [0.2, 0.25) is 0 Å². The lowest BCUT2D eigenvalue weighted by Crippen LogP contribution is -2.25. The van der Waals surface area contributed by atoms with Crippen LogP contribution in [0.15, 0.2) is 127 Å². The molecule has 0 bridgehead atoms. The second-order valence-corrected chi connectivity index (χ2v) is 16.0. The Balaban J connectivity index is 1.18. The molecule has 1 aromatic heterocycles. The molecule has 54 heavy (non-hydrogen) atoms. The lowest BCUT2D eigenvalue weighted by molar-refractivity contribution is 0.360. The molecular formula is C49H43N3O2. The summed E-state index contributed by atoms with van der Waals surface area (Å²) in [4.78, 5) is 15.4. The molecule has 266 valence electrons. The molecular weight excluding hydrogens is 663 g/mol. The third kappa shape index (κ3) is 5.41. The van der Waals surface area contributed by atoms with Gasteiger partial charge in [-0.1, -0.05) is 145 Å². The maximum absolute atomic E-state index is 6.85. The maximum atomic E-state index is 6.85. The van der Waals surface area contributed by atoms with Gasteiger partial charge in [0.2, 0.25) is 0 Å². The summed E-state index contributed by atoms with van der Waals surface area (Å²) in [5.74, 6) is 5.05. The third-order valence-corrected chi connectivity index (χ3v) is 11.8. The highest BCUT2D eigenvalue weighted by Crippen LogP contribution is 2.56. The summed E-state index contributed by atoms with van der Waals surface area (Å²) in [6.07, 6.45) is 0.